The molecule has 2 aromatic carbocycles. The normalized spacial score (nSPS) is 19.0. The fraction of sp³-hybridized carbons (Fsp3) is 0.333. The molecule has 1 saturated heterocycles. The van der Waals surface area contributed by atoms with Crippen molar-refractivity contribution in [1.82, 2.24) is 15.6 Å². The number of ketones is 1. The number of nitrogens with two attached hydrogens (primary N) is 1. The number of Topliss-reactive ketones (excluding diaryl/α,β-unsaturated/α-hetero) is 1. The topological polar surface area (TPSA) is 194 Å². The largest absolute Gasteiger partial charge is 0.478 e. The Kier molecular flexibility index (Phi) is 9.24. The van der Waals surface area contributed by atoms with E-state index in [2.05, 4.69) is 10.6 Å². The average Bonchev–Trinajstić information content (AvgIpc) is 3.52. The third-order valence-corrected chi connectivity index (χ3v) is 7.32. The number of hydrogen-bond acceptors (Lipinski definition) is 9. The van der Waals surface area contributed by atoms with Gasteiger partial charge in [-0.3, -0.25) is 24.0 Å². The summed E-state index contributed by atoms with van der Waals surface area (Å²) in [5.74, 6) is -0.545. The number of carboxylic acids is 1. The van der Waals surface area contributed by atoms with E-state index in [1.165, 1.54) is 37.3 Å². The Morgan fingerprint density at radius 2 is 1.70 bits per heavy atom. The predicted molar refractivity (Wildman–Crippen MR) is 151 cm³/mol. The Bertz CT molecular complexity index is 1480. The van der Waals surface area contributed by atoms with Crippen LogP contribution in [0, 0.1) is 17.8 Å². The SMILES string of the molecule is CC(C)[C@H](NC(=O)CC(NC(=O)/C=C/c1ccc2c(c1)OCO2)c1ccc(C(=O)O)cc1)C(=O)[C@@H]1C(=O)N(N)C(=O)[C@H]1C. The summed E-state index contributed by atoms with van der Waals surface area (Å²) in [6.07, 6.45) is 2.51. The molecule has 1 fully saturated rings. The number of benzene rings is 2. The summed E-state index contributed by atoms with van der Waals surface area (Å²) in [6, 6.07) is 8.79. The van der Waals surface area contributed by atoms with E-state index in [1.54, 1.807) is 38.1 Å². The van der Waals surface area contributed by atoms with Crippen LogP contribution in [-0.4, -0.2) is 58.3 Å². The number of carboxylic acid groups (broad SMARTS) is 1. The maximum atomic E-state index is 13.3. The maximum absolute atomic E-state index is 13.3. The van der Waals surface area contributed by atoms with Gasteiger partial charge in [0.2, 0.25) is 24.5 Å². The van der Waals surface area contributed by atoms with Crippen molar-refractivity contribution in [2.75, 3.05) is 6.79 Å². The molecular weight excluding hydrogens is 560 g/mol. The quantitative estimate of drug-likeness (QED) is 0.0978. The third-order valence-electron chi connectivity index (χ3n) is 7.32. The number of hydrogen-bond donors (Lipinski definition) is 4. The molecule has 5 N–H and O–H groups in total. The zero-order valence-electron chi connectivity index (χ0n) is 23.7. The molecule has 2 aliphatic rings. The molecule has 0 spiro atoms. The summed E-state index contributed by atoms with van der Waals surface area (Å²) in [7, 11) is 0. The number of aromatic carboxylic acids is 1. The van der Waals surface area contributed by atoms with E-state index in [9.17, 15) is 33.9 Å². The standard InChI is InChI=1S/C30H32N4O9/c1-15(2)26(27(37)25-16(3)28(38)34(31)29(25)39)33-24(36)13-20(18-6-8-19(9-7-18)30(40)41)32-23(35)11-5-17-4-10-21-22(12-17)43-14-42-21/h4-12,15-16,20,25-26H,13-14,31H2,1-3H3,(H,32,35)(H,33,36)(H,40,41)/b11-5+/t16-,20?,25+,26-/m0/s1. The molecule has 0 bridgehead atoms. The van der Waals surface area contributed by atoms with Crippen molar-refractivity contribution < 1.29 is 43.3 Å². The Labute approximate surface area is 247 Å². The second-order valence-electron chi connectivity index (χ2n) is 10.6. The first-order chi connectivity index (χ1) is 20.4. The average molecular weight is 593 g/mol. The first-order valence-electron chi connectivity index (χ1n) is 13.5. The van der Waals surface area contributed by atoms with Gasteiger partial charge in [0.1, 0.15) is 5.92 Å². The van der Waals surface area contributed by atoms with E-state index in [0.29, 0.717) is 27.6 Å². The summed E-state index contributed by atoms with van der Waals surface area (Å²) in [5.41, 5.74) is 1.13. The molecule has 4 amide bonds. The monoisotopic (exact) mass is 592 g/mol. The van der Waals surface area contributed by atoms with Gasteiger partial charge in [-0.05, 0) is 47.4 Å². The smallest absolute Gasteiger partial charge is 0.335 e. The molecule has 0 radical (unpaired) electrons. The molecule has 2 aromatic rings. The van der Waals surface area contributed by atoms with Gasteiger partial charge in [0.15, 0.2) is 17.3 Å². The lowest BCUT2D eigenvalue weighted by molar-refractivity contribution is -0.142. The van der Waals surface area contributed by atoms with Gasteiger partial charge in [-0.1, -0.05) is 39.0 Å². The van der Waals surface area contributed by atoms with Crippen LogP contribution in [0.25, 0.3) is 6.08 Å². The first kappa shape index (κ1) is 30.9. The molecule has 0 aliphatic carbocycles. The van der Waals surface area contributed by atoms with Crippen LogP contribution in [0.4, 0.5) is 0 Å². The van der Waals surface area contributed by atoms with Crippen LogP contribution in [0.1, 0.15) is 54.7 Å². The zero-order valence-corrected chi connectivity index (χ0v) is 23.7. The van der Waals surface area contributed by atoms with Crippen molar-refractivity contribution >= 4 is 41.5 Å². The van der Waals surface area contributed by atoms with E-state index in [-0.39, 0.29) is 18.8 Å². The number of amides is 4. The summed E-state index contributed by atoms with van der Waals surface area (Å²) < 4.78 is 10.6. The van der Waals surface area contributed by atoms with Crippen LogP contribution in [0.3, 0.4) is 0 Å². The highest BCUT2D eigenvalue weighted by Gasteiger charge is 2.50. The van der Waals surface area contributed by atoms with Crippen LogP contribution in [-0.2, 0) is 24.0 Å². The molecule has 13 nitrogen and oxygen atoms in total. The fourth-order valence-electron chi connectivity index (χ4n) is 4.90. The van der Waals surface area contributed by atoms with Crippen LogP contribution < -0.4 is 25.9 Å². The van der Waals surface area contributed by atoms with Gasteiger partial charge in [0.05, 0.1) is 30.0 Å². The molecular formula is C30H32N4O9. The molecule has 4 atom stereocenters. The Morgan fingerprint density at radius 3 is 2.30 bits per heavy atom. The van der Waals surface area contributed by atoms with E-state index in [4.69, 9.17) is 15.3 Å². The van der Waals surface area contributed by atoms with Crippen molar-refractivity contribution in [3.63, 3.8) is 0 Å². The maximum Gasteiger partial charge on any atom is 0.335 e. The highest BCUT2D eigenvalue weighted by atomic mass is 16.7. The van der Waals surface area contributed by atoms with Gasteiger partial charge in [0, 0.05) is 6.08 Å². The van der Waals surface area contributed by atoms with Crippen molar-refractivity contribution in [1.29, 1.82) is 0 Å². The van der Waals surface area contributed by atoms with Crippen molar-refractivity contribution in [3.05, 3.63) is 65.2 Å². The number of nitrogens with zero attached hydrogens (tertiary/aromatic N) is 1. The molecule has 2 heterocycles. The van der Waals surface area contributed by atoms with Crippen molar-refractivity contribution in [2.45, 2.75) is 39.3 Å². The lowest BCUT2D eigenvalue weighted by Crippen LogP contribution is -2.50. The van der Waals surface area contributed by atoms with Gasteiger partial charge in [0.25, 0.3) is 5.91 Å². The number of carbonyl (C=O) groups is 6. The van der Waals surface area contributed by atoms with Gasteiger partial charge in [-0.15, -0.1) is 0 Å². The Balaban J connectivity index is 1.50. The molecule has 43 heavy (non-hydrogen) atoms. The first-order valence-corrected chi connectivity index (χ1v) is 13.5. The third kappa shape index (κ3) is 6.89. The molecule has 4 rings (SSSR count). The number of fused-ring (bicyclic) bond motifs is 1. The second kappa shape index (κ2) is 12.9. The van der Waals surface area contributed by atoms with Gasteiger partial charge < -0.3 is 25.2 Å². The van der Waals surface area contributed by atoms with Gasteiger partial charge >= 0.3 is 5.97 Å². The molecule has 0 saturated carbocycles. The predicted octanol–water partition coefficient (Wildman–Crippen LogP) is 1.58. The number of nitrogens with one attached hydrogen (secondary N) is 2. The fourth-order valence-corrected chi connectivity index (χ4v) is 4.90. The van der Waals surface area contributed by atoms with E-state index >= 15 is 0 Å². The summed E-state index contributed by atoms with van der Waals surface area (Å²) in [4.78, 5) is 75.5. The molecule has 2 aliphatic heterocycles. The summed E-state index contributed by atoms with van der Waals surface area (Å²) in [6.45, 7) is 4.90. The minimum Gasteiger partial charge on any atom is -0.478 e. The van der Waals surface area contributed by atoms with Crippen LogP contribution in [0.2, 0.25) is 0 Å². The molecule has 0 aromatic heterocycles. The lowest BCUT2D eigenvalue weighted by Gasteiger charge is -2.26. The lowest BCUT2D eigenvalue weighted by atomic mass is 9.85. The van der Waals surface area contributed by atoms with E-state index < -0.39 is 65.2 Å². The van der Waals surface area contributed by atoms with Crippen LogP contribution in [0.15, 0.2) is 48.5 Å². The summed E-state index contributed by atoms with van der Waals surface area (Å²) >= 11 is 0. The summed E-state index contributed by atoms with van der Waals surface area (Å²) in [5, 5.41) is 15.1. The number of hydrazine groups is 1. The minimum atomic E-state index is -1.33. The zero-order chi connectivity index (χ0) is 31.4. The van der Waals surface area contributed by atoms with Gasteiger partial charge in [-0.25, -0.2) is 15.6 Å². The Hall–Kier alpha value is -5.04. The second-order valence-corrected chi connectivity index (χ2v) is 10.6. The molecule has 226 valence electrons. The van der Waals surface area contributed by atoms with Gasteiger partial charge in [-0.2, -0.15) is 0 Å². The van der Waals surface area contributed by atoms with E-state index in [1.807, 2.05) is 0 Å². The van der Waals surface area contributed by atoms with Crippen molar-refractivity contribution in [2.24, 2.45) is 23.6 Å². The Morgan fingerprint density at radius 1 is 1.02 bits per heavy atom. The number of imide groups is 1. The van der Waals surface area contributed by atoms with Crippen molar-refractivity contribution in [3.8, 4) is 11.5 Å². The number of ether oxygens (including phenoxy) is 2. The number of rotatable bonds is 11. The minimum absolute atomic E-state index is 0.0188. The molecule has 1 unspecified atom stereocenters. The highest BCUT2D eigenvalue weighted by Crippen LogP contribution is 2.33. The highest BCUT2D eigenvalue weighted by molar-refractivity contribution is 6.16. The van der Waals surface area contributed by atoms with E-state index in [0.717, 1.165) is 0 Å². The molecule has 13 heteroatoms. The van der Waals surface area contributed by atoms with Crippen LogP contribution in [0.5, 0.6) is 11.5 Å². The van der Waals surface area contributed by atoms with Crippen LogP contribution >= 0.6 is 0 Å². The number of carbonyl (C=O) groups excluding carboxylic acids is 5.